The van der Waals surface area contributed by atoms with E-state index in [0.29, 0.717) is 17.3 Å². The molecule has 19 heavy (non-hydrogen) atoms. The highest BCUT2D eigenvalue weighted by molar-refractivity contribution is 8.00. The molecule has 0 spiro atoms. The van der Waals surface area contributed by atoms with Gasteiger partial charge < -0.3 is 15.6 Å². The number of aryl methyl sites for hydroxylation is 2. The highest BCUT2D eigenvalue weighted by Gasteiger charge is 2.07. The summed E-state index contributed by atoms with van der Waals surface area (Å²) in [6.45, 7) is 3.71. The van der Waals surface area contributed by atoms with Crippen LogP contribution >= 0.6 is 11.8 Å². The van der Waals surface area contributed by atoms with E-state index in [1.807, 2.05) is 25.1 Å². The predicted molar refractivity (Wildman–Crippen MR) is 76.2 cm³/mol. The standard InChI is InChI=1S/C13H15N3O2S/c1-8-5-10(3-4-11(8)14)19-7-13(17)15-12-6-9(2)18-16-12/h3-6H,7,14H2,1-2H3,(H,15,16,17). The van der Waals surface area contributed by atoms with Crippen LogP contribution in [0.4, 0.5) is 11.5 Å². The molecule has 0 unspecified atom stereocenters. The molecule has 0 atom stereocenters. The monoisotopic (exact) mass is 277 g/mol. The zero-order valence-corrected chi connectivity index (χ0v) is 11.6. The lowest BCUT2D eigenvalue weighted by atomic mass is 10.2. The van der Waals surface area contributed by atoms with Gasteiger partial charge in [0.1, 0.15) is 5.76 Å². The highest BCUT2D eigenvalue weighted by atomic mass is 32.2. The number of amides is 1. The van der Waals surface area contributed by atoms with Gasteiger partial charge in [0.05, 0.1) is 5.75 Å². The molecule has 0 fully saturated rings. The molecule has 0 aliphatic rings. The molecule has 1 amide bonds. The molecule has 0 aliphatic heterocycles. The predicted octanol–water partition coefficient (Wildman–Crippen LogP) is 2.60. The van der Waals surface area contributed by atoms with Crippen molar-refractivity contribution in [2.24, 2.45) is 0 Å². The number of carbonyl (C=O) groups is 1. The van der Waals surface area contributed by atoms with Gasteiger partial charge in [0.2, 0.25) is 5.91 Å². The fourth-order valence-electron chi connectivity index (χ4n) is 1.49. The van der Waals surface area contributed by atoms with E-state index in [-0.39, 0.29) is 5.91 Å². The first-order valence-corrected chi connectivity index (χ1v) is 6.75. The van der Waals surface area contributed by atoms with Crippen LogP contribution in [0, 0.1) is 13.8 Å². The molecule has 1 aromatic heterocycles. The summed E-state index contributed by atoms with van der Waals surface area (Å²) in [6.07, 6.45) is 0. The fraction of sp³-hybridized carbons (Fsp3) is 0.231. The third-order valence-electron chi connectivity index (χ3n) is 2.51. The van der Waals surface area contributed by atoms with Crippen LogP contribution in [0.5, 0.6) is 0 Å². The first kappa shape index (κ1) is 13.5. The molecule has 0 saturated heterocycles. The highest BCUT2D eigenvalue weighted by Crippen LogP contribution is 2.22. The molecule has 2 aromatic rings. The Hall–Kier alpha value is -1.95. The zero-order chi connectivity index (χ0) is 13.8. The zero-order valence-electron chi connectivity index (χ0n) is 10.8. The van der Waals surface area contributed by atoms with Gasteiger partial charge in [-0.15, -0.1) is 11.8 Å². The Morgan fingerprint density at radius 3 is 2.84 bits per heavy atom. The SMILES string of the molecule is Cc1cc(NC(=O)CSc2ccc(N)c(C)c2)no1. The van der Waals surface area contributed by atoms with E-state index in [1.54, 1.807) is 13.0 Å². The lowest BCUT2D eigenvalue weighted by molar-refractivity contribution is -0.113. The van der Waals surface area contributed by atoms with E-state index in [1.165, 1.54) is 11.8 Å². The number of rotatable bonds is 4. The van der Waals surface area contributed by atoms with Gasteiger partial charge in [-0.2, -0.15) is 0 Å². The van der Waals surface area contributed by atoms with Gasteiger partial charge in [-0.3, -0.25) is 4.79 Å². The summed E-state index contributed by atoms with van der Waals surface area (Å²) < 4.78 is 4.87. The lowest BCUT2D eigenvalue weighted by Crippen LogP contribution is -2.14. The van der Waals surface area contributed by atoms with Crippen molar-refractivity contribution >= 4 is 29.2 Å². The second kappa shape index (κ2) is 5.79. The van der Waals surface area contributed by atoms with Crippen LogP contribution in [0.25, 0.3) is 0 Å². The van der Waals surface area contributed by atoms with Crippen molar-refractivity contribution in [3.05, 3.63) is 35.6 Å². The molecule has 1 aromatic carbocycles. The number of nitrogens with two attached hydrogens (primary N) is 1. The van der Waals surface area contributed by atoms with Crippen LogP contribution in [0.2, 0.25) is 0 Å². The lowest BCUT2D eigenvalue weighted by Gasteiger charge is -2.04. The molecule has 6 heteroatoms. The van der Waals surface area contributed by atoms with Crippen molar-refractivity contribution in [1.82, 2.24) is 5.16 Å². The summed E-state index contributed by atoms with van der Waals surface area (Å²) in [5, 5.41) is 6.37. The van der Waals surface area contributed by atoms with Gasteiger partial charge in [-0.25, -0.2) is 0 Å². The number of benzene rings is 1. The molecule has 3 N–H and O–H groups in total. The number of thioether (sulfide) groups is 1. The Morgan fingerprint density at radius 1 is 1.42 bits per heavy atom. The minimum Gasteiger partial charge on any atom is -0.399 e. The smallest absolute Gasteiger partial charge is 0.235 e. The van der Waals surface area contributed by atoms with E-state index < -0.39 is 0 Å². The van der Waals surface area contributed by atoms with E-state index >= 15 is 0 Å². The molecule has 1 heterocycles. The summed E-state index contributed by atoms with van der Waals surface area (Å²) in [7, 11) is 0. The molecular weight excluding hydrogens is 262 g/mol. The number of carbonyl (C=O) groups excluding carboxylic acids is 1. The Bertz CT molecular complexity index is 595. The van der Waals surface area contributed by atoms with Crippen LogP contribution in [0.1, 0.15) is 11.3 Å². The van der Waals surface area contributed by atoms with Crippen LogP contribution in [0.3, 0.4) is 0 Å². The van der Waals surface area contributed by atoms with Gasteiger partial charge in [0, 0.05) is 16.6 Å². The van der Waals surface area contributed by atoms with Crippen molar-refractivity contribution in [3.8, 4) is 0 Å². The second-order valence-electron chi connectivity index (χ2n) is 4.18. The number of nitrogen functional groups attached to an aromatic ring is 1. The molecule has 0 radical (unpaired) electrons. The third-order valence-corrected chi connectivity index (χ3v) is 3.50. The van der Waals surface area contributed by atoms with Gasteiger partial charge in [0.25, 0.3) is 0 Å². The molecule has 5 nitrogen and oxygen atoms in total. The average molecular weight is 277 g/mol. The van der Waals surface area contributed by atoms with Crippen LogP contribution in [-0.4, -0.2) is 16.8 Å². The molecular formula is C13H15N3O2S. The molecule has 0 saturated carbocycles. The number of nitrogens with zero attached hydrogens (tertiary/aromatic N) is 1. The molecule has 0 bridgehead atoms. The van der Waals surface area contributed by atoms with Crippen molar-refractivity contribution < 1.29 is 9.32 Å². The molecule has 100 valence electrons. The number of anilines is 2. The maximum Gasteiger partial charge on any atom is 0.235 e. The second-order valence-corrected chi connectivity index (χ2v) is 5.23. The third kappa shape index (κ3) is 3.75. The number of nitrogens with one attached hydrogen (secondary N) is 1. The Morgan fingerprint density at radius 2 is 2.21 bits per heavy atom. The van der Waals surface area contributed by atoms with Crippen molar-refractivity contribution in [2.75, 3.05) is 16.8 Å². The van der Waals surface area contributed by atoms with Gasteiger partial charge in [-0.1, -0.05) is 5.16 Å². The van der Waals surface area contributed by atoms with E-state index in [4.69, 9.17) is 10.3 Å². The summed E-state index contributed by atoms with van der Waals surface area (Å²) in [5.74, 6) is 1.30. The van der Waals surface area contributed by atoms with E-state index in [0.717, 1.165) is 16.1 Å². The Labute approximate surface area is 115 Å². The number of hydrogen-bond acceptors (Lipinski definition) is 5. The van der Waals surface area contributed by atoms with Crippen LogP contribution in [-0.2, 0) is 4.79 Å². The van der Waals surface area contributed by atoms with E-state index in [9.17, 15) is 4.79 Å². The quantitative estimate of drug-likeness (QED) is 0.663. The van der Waals surface area contributed by atoms with Gasteiger partial charge in [-0.05, 0) is 37.6 Å². The molecule has 0 aliphatic carbocycles. The van der Waals surface area contributed by atoms with Crippen LogP contribution < -0.4 is 11.1 Å². The Kier molecular flexibility index (Phi) is 4.11. The first-order valence-electron chi connectivity index (χ1n) is 5.76. The minimum atomic E-state index is -0.118. The largest absolute Gasteiger partial charge is 0.399 e. The number of hydrogen-bond donors (Lipinski definition) is 2. The summed E-state index contributed by atoms with van der Waals surface area (Å²) in [4.78, 5) is 12.7. The topological polar surface area (TPSA) is 81.2 Å². The normalized spacial score (nSPS) is 10.4. The first-order chi connectivity index (χ1) is 9.04. The van der Waals surface area contributed by atoms with Crippen molar-refractivity contribution in [2.45, 2.75) is 18.7 Å². The average Bonchev–Trinajstić information content (AvgIpc) is 2.76. The Balaban J connectivity index is 1.88. The fourth-order valence-corrected chi connectivity index (χ4v) is 2.29. The van der Waals surface area contributed by atoms with Gasteiger partial charge >= 0.3 is 0 Å². The van der Waals surface area contributed by atoms with Crippen molar-refractivity contribution in [1.29, 1.82) is 0 Å². The maximum absolute atomic E-state index is 11.7. The minimum absolute atomic E-state index is 0.118. The van der Waals surface area contributed by atoms with Crippen molar-refractivity contribution in [3.63, 3.8) is 0 Å². The van der Waals surface area contributed by atoms with Gasteiger partial charge in [0.15, 0.2) is 5.82 Å². The number of aromatic nitrogens is 1. The van der Waals surface area contributed by atoms with E-state index in [2.05, 4.69) is 10.5 Å². The summed E-state index contributed by atoms with van der Waals surface area (Å²) in [6, 6.07) is 7.39. The van der Waals surface area contributed by atoms with Crippen LogP contribution in [0.15, 0.2) is 33.7 Å². The summed E-state index contributed by atoms with van der Waals surface area (Å²) >= 11 is 1.45. The molecule has 2 rings (SSSR count). The summed E-state index contributed by atoms with van der Waals surface area (Å²) in [5.41, 5.74) is 7.51. The maximum atomic E-state index is 11.7.